The molecule has 11 nitrogen and oxygen atoms in total. The minimum absolute atomic E-state index is 0.000941. The number of sulfonamides is 1. The zero-order valence-electron chi connectivity index (χ0n) is 18.6. The molecule has 4 N–H and O–H groups in total. The molecule has 0 aliphatic rings. The first-order valence-corrected chi connectivity index (χ1v) is 11.4. The van der Waals surface area contributed by atoms with Crippen molar-refractivity contribution in [3.63, 3.8) is 0 Å². The van der Waals surface area contributed by atoms with Crippen LogP contribution in [-0.2, 0) is 19.6 Å². The highest BCUT2D eigenvalue weighted by molar-refractivity contribution is 7.90. The van der Waals surface area contributed by atoms with Gasteiger partial charge in [-0.15, -0.1) is 0 Å². The third kappa shape index (κ3) is 7.45. The van der Waals surface area contributed by atoms with Gasteiger partial charge in [-0.1, -0.05) is 26.0 Å². The molecule has 1 aromatic heterocycles. The molecule has 2 amide bonds. The van der Waals surface area contributed by atoms with Gasteiger partial charge in [-0.05, 0) is 45.2 Å². The second-order valence-corrected chi connectivity index (χ2v) is 10.2. The van der Waals surface area contributed by atoms with Crippen molar-refractivity contribution in [2.24, 2.45) is 5.92 Å². The van der Waals surface area contributed by atoms with Crippen LogP contribution in [0.1, 0.15) is 41.0 Å². The van der Waals surface area contributed by atoms with Crippen LogP contribution in [0.3, 0.4) is 0 Å². The molecule has 0 aliphatic carbocycles. The number of benzene rings is 1. The highest BCUT2D eigenvalue weighted by Gasteiger charge is 2.28. The number of nitrogens with two attached hydrogens (primary N) is 1. The lowest BCUT2D eigenvalue weighted by molar-refractivity contribution is -0.121. The number of carbonyl (C=O) groups is 2. The molecular formula is C20H28N6O5S. The molecule has 1 heterocycles. The third-order valence-electron chi connectivity index (χ3n) is 3.94. The summed E-state index contributed by atoms with van der Waals surface area (Å²) < 4.78 is 32.9. The second kappa shape index (κ2) is 9.90. The first-order chi connectivity index (χ1) is 14.8. The van der Waals surface area contributed by atoms with Crippen molar-refractivity contribution in [3.05, 3.63) is 30.6 Å². The van der Waals surface area contributed by atoms with E-state index in [0.29, 0.717) is 5.56 Å². The lowest BCUT2D eigenvalue weighted by Crippen LogP contribution is -2.50. The SMILES string of the molecule is CC(C)C[C@H](NC(=O)OC(C)(C)C)C(=O)NS(=O)(=O)c1cccc(-c2ncnc(N)n2)c1. The van der Waals surface area contributed by atoms with Crippen LogP contribution in [0.15, 0.2) is 35.5 Å². The van der Waals surface area contributed by atoms with Crippen molar-refractivity contribution < 1.29 is 22.7 Å². The molecular weight excluding hydrogens is 436 g/mol. The van der Waals surface area contributed by atoms with Crippen LogP contribution in [0.2, 0.25) is 0 Å². The number of nitrogens with one attached hydrogen (secondary N) is 2. The number of amides is 2. The number of anilines is 1. The molecule has 1 atom stereocenters. The number of hydrogen-bond acceptors (Lipinski definition) is 9. The van der Waals surface area contributed by atoms with Crippen molar-refractivity contribution >= 4 is 28.0 Å². The highest BCUT2D eigenvalue weighted by Crippen LogP contribution is 2.19. The molecule has 0 spiro atoms. The Balaban J connectivity index is 2.23. The molecule has 12 heteroatoms. The second-order valence-electron chi connectivity index (χ2n) is 8.49. The van der Waals surface area contributed by atoms with Gasteiger partial charge in [0, 0.05) is 5.56 Å². The summed E-state index contributed by atoms with van der Waals surface area (Å²) in [5.41, 5.74) is 5.16. The zero-order chi connectivity index (χ0) is 24.1. The summed E-state index contributed by atoms with van der Waals surface area (Å²) in [5, 5.41) is 2.44. The lowest BCUT2D eigenvalue weighted by atomic mass is 10.0. The zero-order valence-corrected chi connectivity index (χ0v) is 19.4. The normalized spacial score (nSPS) is 12.8. The summed E-state index contributed by atoms with van der Waals surface area (Å²) in [6.07, 6.45) is 0.606. The lowest BCUT2D eigenvalue weighted by Gasteiger charge is -2.24. The molecule has 0 saturated carbocycles. The fourth-order valence-electron chi connectivity index (χ4n) is 2.67. The summed E-state index contributed by atoms with van der Waals surface area (Å²) in [5.74, 6) is -0.702. The Bertz CT molecular complexity index is 1080. The number of nitrogens with zero attached hydrogens (tertiary/aromatic N) is 3. The van der Waals surface area contributed by atoms with E-state index in [1.54, 1.807) is 26.8 Å². The maximum atomic E-state index is 12.8. The van der Waals surface area contributed by atoms with E-state index >= 15 is 0 Å². The largest absolute Gasteiger partial charge is 0.444 e. The van der Waals surface area contributed by atoms with Gasteiger partial charge in [-0.25, -0.2) is 27.9 Å². The Hall–Kier alpha value is -3.28. The average Bonchev–Trinajstić information content (AvgIpc) is 2.65. The van der Waals surface area contributed by atoms with Crippen LogP contribution < -0.4 is 15.8 Å². The maximum Gasteiger partial charge on any atom is 0.408 e. The molecule has 2 aromatic rings. The molecule has 1 aromatic carbocycles. The summed E-state index contributed by atoms with van der Waals surface area (Å²) in [4.78, 5) is 36.3. The first kappa shape index (κ1) is 25.0. The number of ether oxygens (including phenoxy) is 1. The topological polar surface area (TPSA) is 166 Å². The van der Waals surface area contributed by atoms with Gasteiger partial charge in [0.15, 0.2) is 5.82 Å². The highest BCUT2D eigenvalue weighted by atomic mass is 32.2. The Morgan fingerprint density at radius 3 is 2.47 bits per heavy atom. The van der Waals surface area contributed by atoms with Crippen LogP contribution in [0.25, 0.3) is 11.4 Å². The van der Waals surface area contributed by atoms with E-state index in [-0.39, 0.29) is 29.0 Å². The fourth-order valence-corrected chi connectivity index (χ4v) is 3.73. The molecule has 0 bridgehead atoms. The van der Waals surface area contributed by atoms with Gasteiger partial charge in [0.25, 0.3) is 15.9 Å². The minimum atomic E-state index is -4.25. The van der Waals surface area contributed by atoms with E-state index in [9.17, 15) is 18.0 Å². The number of carbonyl (C=O) groups excluding carboxylic acids is 2. The molecule has 2 rings (SSSR count). The summed E-state index contributed by atoms with van der Waals surface area (Å²) >= 11 is 0. The van der Waals surface area contributed by atoms with Gasteiger partial charge in [0.1, 0.15) is 18.0 Å². The molecule has 0 unspecified atom stereocenters. The average molecular weight is 465 g/mol. The van der Waals surface area contributed by atoms with E-state index in [4.69, 9.17) is 10.5 Å². The number of alkyl carbamates (subject to hydrolysis) is 1. The number of nitrogen functional groups attached to an aromatic ring is 1. The molecule has 0 fully saturated rings. The van der Waals surface area contributed by atoms with Gasteiger partial charge >= 0.3 is 6.09 Å². The van der Waals surface area contributed by atoms with E-state index in [1.165, 1.54) is 24.5 Å². The Morgan fingerprint density at radius 1 is 1.19 bits per heavy atom. The summed E-state index contributed by atoms with van der Waals surface area (Å²) in [6.45, 7) is 8.73. The van der Waals surface area contributed by atoms with Gasteiger partial charge in [0.05, 0.1) is 4.90 Å². The van der Waals surface area contributed by atoms with E-state index in [0.717, 1.165) is 0 Å². The molecule has 0 radical (unpaired) electrons. The molecule has 0 saturated heterocycles. The number of hydrogen-bond donors (Lipinski definition) is 3. The van der Waals surface area contributed by atoms with Crippen LogP contribution in [0, 0.1) is 5.92 Å². The first-order valence-electron chi connectivity index (χ1n) is 9.88. The van der Waals surface area contributed by atoms with Crippen LogP contribution >= 0.6 is 0 Å². The summed E-state index contributed by atoms with van der Waals surface area (Å²) in [7, 11) is -4.25. The predicted octanol–water partition coefficient (Wildman–Crippen LogP) is 1.87. The Morgan fingerprint density at radius 2 is 1.88 bits per heavy atom. The quantitative estimate of drug-likeness (QED) is 0.554. The smallest absolute Gasteiger partial charge is 0.408 e. The minimum Gasteiger partial charge on any atom is -0.444 e. The standard InChI is InChI=1S/C20H28N6O5S/c1-12(2)9-15(24-19(28)31-20(3,4)5)17(27)26-32(29,30)14-8-6-7-13(10-14)16-22-11-23-18(21)25-16/h6-8,10-12,15H,9H2,1-5H3,(H,24,28)(H,26,27)(H2,21,22,23,25)/t15-/m0/s1. The van der Waals surface area contributed by atoms with Gasteiger partial charge < -0.3 is 15.8 Å². The number of rotatable bonds is 7. The van der Waals surface area contributed by atoms with Gasteiger partial charge in [-0.2, -0.15) is 4.98 Å². The van der Waals surface area contributed by atoms with Crippen molar-refractivity contribution in [1.29, 1.82) is 0 Å². The molecule has 0 aliphatic heterocycles. The van der Waals surface area contributed by atoms with Crippen molar-refractivity contribution in [3.8, 4) is 11.4 Å². The van der Waals surface area contributed by atoms with Crippen LogP contribution in [0.4, 0.5) is 10.7 Å². The predicted molar refractivity (Wildman–Crippen MR) is 118 cm³/mol. The maximum absolute atomic E-state index is 12.8. The fraction of sp³-hybridized carbons (Fsp3) is 0.450. The van der Waals surface area contributed by atoms with Crippen LogP contribution in [0.5, 0.6) is 0 Å². The Labute approximate surface area is 187 Å². The van der Waals surface area contributed by atoms with Crippen molar-refractivity contribution in [2.75, 3.05) is 5.73 Å². The monoisotopic (exact) mass is 464 g/mol. The number of aromatic nitrogens is 3. The van der Waals surface area contributed by atoms with Crippen molar-refractivity contribution in [1.82, 2.24) is 25.0 Å². The van der Waals surface area contributed by atoms with Crippen LogP contribution in [-0.4, -0.2) is 47.0 Å². The van der Waals surface area contributed by atoms with E-state index < -0.39 is 33.7 Å². The third-order valence-corrected chi connectivity index (χ3v) is 5.29. The van der Waals surface area contributed by atoms with E-state index in [2.05, 4.69) is 20.3 Å². The van der Waals surface area contributed by atoms with Crippen molar-refractivity contribution in [2.45, 2.75) is 57.6 Å². The Kier molecular flexibility index (Phi) is 7.73. The summed E-state index contributed by atoms with van der Waals surface area (Å²) in [6, 6.07) is 4.61. The molecule has 174 valence electrons. The van der Waals surface area contributed by atoms with Gasteiger partial charge in [0.2, 0.25) is 5.95 Å². The van der Waals surface area contributed by atoms with E-state index in [1.807, 2.05) is 18.6 Å². The van der Waals surface area contributed by atoms with Gasteiger partial charge in [-0.3, -0.25) is 4.79 Å². The molecule has 32 heavy (non-hydrogen) atoms.